The summed E-state index contributed by atoms with van der Waals surface area (Å²) in [7, 11) is 0. The van der Waals surface area contributed by atoms with Crippen molar-refractivity contribution in [3.05, 3.63) is 52.7 Å². The molecule has 88 valence electrons. The van der Waals surface area contributed by atoms with Gasteiger partial charge in [0.15, 0.2) is 0 Å². The van der Waals surface area contributed by atoms with E-state index in [1.54, 1.807) is 0 Å². The van der Waals surface area contributed by atoms with E-state index in [2.05, 4.69) is 63.7 Å². The van der Waals surface area contributed by atoms with E-state index < -0.39 is 0 Å². The average Bonchev–Trinajstić information content (AvgIpc) is 2.48. The van der Waals surface area contributed by atoms with Crippen LogP contribution in [-0.2, 0) is 5.41 Å². The standard InChI is InChI=1S/C16H19N/c1-6-12-13-9-11(2)7-8-14(13)16(3,4)15(12)10-17-5/h6-10H,5H2,1-4H3/b12-6-,15-10+. The predicted molar refractivity (Wildman–Crippen MR) is 75.5 cm³/mol. The van der Waals surface area contributed by atoms with E-state index in [4.69, 9.17) is 0 Å². The molecular weight excluding hydrogens is 206 g/mol. The lowest BCUT2D eigenvalue weighted by Crippen LogP contribution is -2.14. The first-order valence-electron chi connectivity index (χ1n) is 5.97. The summed E-state index contributed by atoms with van der Waals surface area (Å²) in [5.41, 5.74) is 6.59. The Balaban J connectivity index is 2.76. The molecule has 17 heavy (non-hydrogen) atoms. The third kappa shape index (κ3) is 1.66. The minimum Gasteiger partial charge on any atom is -0.272 e. The molecule has 0 N–H and O–H groups in total. The van der Waals surface area contributed by atoms with Crippen molar-refractivity contribution in [2.24, 2.45) is 4.99 Å². The van der Waals surface area contributed by atoms with Crippen LogP contribution < -0.4 is 0 Å². The Bertz CT molecular complexity index is 530. The van der Waals surface area contributed by atoms with Gasteiger partial charge >= 0.3 is 0 Å². The Morgan fingerprint density at radius 2 is 2.00 bits per heavy atom. The third-order valence-electron chi connectivity index (χ3n) is 3.61. The summed E-state index contributed by atoms with van der Waals surface area (Å²) in [5.74, 6) is 0. The van der Waals surface area contributed by atoms with Crippen LogP contribution in [0.3, 0.4) is 0 Å². The summed E-state index contributed by atoms with van der Waals surface area (Å²) >= 11 is 0. The highest BCUT2D eigenvalue weighted by Crippen LogP contribution is 2.49. The van der Waals surface area contributed by atoms with Gasteiger partial charge in [0.2, 0.25) is 0 Å². The number of aryl methyl sites for hydroxylation is 1. The van der Waals surface area contributed by atoms with Crippen LogP contribution in [-0.4, -0.2) is 6.72 Å². The van der Waals surface area contributed by atoms with E-state index in [0.29, 0.717) is 0 Å². The van der Waals surface area contributed by atoms with Crippen LogP contribution >= 0.6 is 0 Å². The summed E-state index contributed by atoms with van der Waals surface area (Å²) < 4.78 is 0. The van der Waals surface area contributed by atoms with E-state index in [1.807, 2.05) is 6.20 Å². The van der Waals surface area contributed by atoms with Crippen molar-refractivity contribution in [1.29, 1.82) is 0 Å². The number of hydrogen-bond donors (Lipinski definition) is 0. The molecule has 0 unspecified atom stereocenters. The molecule has 1 nitrogen and oxygen atoms in total. The zero-order valence-corrected chi connectivity index (χ0v) is 11.0. The molecular formula is C16H19N. The Morgan fingerprint density at radius 3 is 2.59 bits per heavy atom. The maximum Gasteiger partial charge on any atom is 0.0307 e. The summed E-state index contributed by atoms with van der Waals surface area (Å²) in [6, 6.07) is 6.67. The lowest BCUT2D eigenvalue weighted by atomic mass is 9.82. The van der Waals surface area contributed by atoms with E-state index in [-0.39, 0.29) is 5.41 Å². The van der Waals surface area contributed by atoms with Crippen LogP contribution in [0.1, 0.15) is 37.5 Å². The number of rotatable bonds is 1. The molecule has 0 saturated carbocycles. The summed E-state index contributed by atoms with van der Waals surface area (Å²) in [6.07, 6.45) is 4.06. The van der Waals surface area contributed by atoms with Gasteiger partial charge in [0.25, 0.3) is 0 Å². The molecule has 1 aliphatic rings. The maximum absolute atomic E-state index is 3.96. The fourth-order valence-corrected chi connectivity index (χ4v) is 2.69. The van der Waals surface area contributed by atoms with Gasteiger partial charge in [0.05, 0.1) is 0 Å². The largest absolute Gasteiger partial charge is 0.272 e. The smallest absolute Gasteiger partial charge is 0.0307 e. The molecule has 0 aromatic heterocycles. The molecule has 0 atom stereocenters. The van der Waals surface area contributed by atoms with Gasteiger partial charge in [0, 0.05) is 11.6 Å². The molecule has 0 fully saturated rings. The number of fused-ring (bicyclic) bond motifs is 1. The molecule has 1 aromatic rings. The van der Waals surface area contributed by atoms with Crippen LogP contribution in [0.4, 0.5) is 0 Å². The Morgan fingerprint density at radius 1 is 1.29 bits per heavy atom. The van der Waals surface area contributed by atoms with Crippen LogP contribution in [0.5, 0.6) is 0 Å². The van der Waals surface area contributed by atoms with E-state index in [0.717, 1.165) is 0 Å². The zero-order chi connectivity index (χ0) is 12.6. The van der Waals surface area contributed by atoms with Gasteiger partial charge in [0.1, 0.15) is 0 Å². The second-order valence-electron chi connectivity index (χ2n) is 5.10. The van der Waals surface area contributed by atoms with Crippen LogP contribution in [0.2, 0.25) is 0 Å². The summed E-state index contributed by atoms with van der Waals surface area (Å²) in [4.78, 5) is 3.96. The lowest BCUT2D eigenvalue weighted by Gasteiger charge is -2.21. The molecule has 1 aromatic carbocycles. The highest BCUT2D eigenvalue weighted by atomic mass is 14.6. The molecule has 0 aliphatic heterocycles. The first-order chi connectivity index (χ1) is 8.02. The highest BCUT2D eigenvalue weighted by molar-refractivity contribution is 5.89. The van der Waals surface area contributed by atoms with E-state index >= 15 is 0 Å². The predicted octanol–water partition coefficient (Wildman–Crippen LogP) is 4.27. The van der Waals surface area contributed by atoms with Crippen molar-refractivity contribution < 1.29 is 0 Å². The average molecular weight is 225 g/mol. The van der Waals surface area contributed by atoms with Crippen molar-refractivity contribution >= 4 is 12.3 Å². The van der Waals surface area contributed by atoms with E-state index in [9.17, 15) is 0 Å². The minimum atomic E-state index is 0.0199. The number of hydrogen-bond acceptors (Lipinski definition) is 1. The lowest BCUT2D eigenvalue weighted by molar-refractivity contribution is 0.659. The summed E-state index contributed by atoms with van der Waals surface area (Å²) in [6.45, 7) is 12.3. The molecule has 0 amide bonds. The highest BCUT2D eigenvalue weighted by Gasteiger charge is 2.37. The Labute approximate surface area is 104 Å². The number of aliphatic imine (C=N–C) groups is 1. The third-order valence-corrected chi connectivity index (χ3v) is 3.61. The fraction of sp³-hybridized carbons (Fsp3) is 0.312. The molecule has 1 aliphatic carbocycles. The van der Waals surface area contributed by atoms with Gasteiger partial charge in [-0.1, -0.05) is 43.7 Å². The van der Waals surface area contributed by atoms with Gasteiger partial charge in [-0.2, -0.15) is 0 Å². The van der Waals surface area contributed by atoms with Gasteiger partial charge in [-0.25, -0.2) is 0 Å². The fourth-order valence-electron chi connectivity index (χ4n) is 2.69. The molecule has 1 heteroatoms. The molecule has 0 bridgehead atoms. The van der Waals surface area contributed by atoms with Crippen LogP contribution in [0.25, 0.3) is 5.57 Å². The van der Waals surface area contributed by atoms with Crippen molar-refractivity contribution in [3.63, 3.8) is 0 Å². The van der Waals surface area contributed by atoms with Crippen molar-refractivity contribution in [2.45, 2.75) is 33.1 Å². The van der Waals surface area contributed by atoms with Crippen molar-refractivity contribution in [2.75, 3.05) is 0 Å². The van der Waals surface area contributed by atoms with Crippen LogP contribution in [0, 0.1) is 6.92 Å². The molecule has 0 spiro atoms. The van der Waals surface area contributed by atoms with Crippen LogP contribution in [0.15, 0.2) is 41.0 Å². The summed E-state index contributed by atoms with van der Waals surface area (Å²) in [5, 5.41) is 0. The SMILES string of the molecule is C=N/C=C1\C(=C/C)c2cc(C)ccc2C1(C)C. The van der Waals surface area contributed by atoms with Gasteiger partial charge in [-0.05, 0) is 42.8 Å². The second-order valence-corrected chi connectivity index (χ2v) is 5.10. The maximum atomic E-state index is 3.96. The number of allylic oxidation sites excluding steroid dienone is 3. The molecule has 0 saturated heterocycles. The monoisotopic (exact) mass is 225 g/mol. The molecule has 0 heterocycles. The van der Waals surface area contributed by atoms with Gasteiger partial charge < -0.3 is 0 Å². The normalized spacial score (nSPS) is 21.9. The van der Waals surface area contributed by atoms with E-state index in [1.165, 1.54) is 27.8 Å². The first-order valence-corrected chi connectivity index (χ1v) is 5.97. The van der Waals surface area contributed by atoms with Gasteiger partial charge in [-0.15, -0.1) is 0 Å². The zero-order valence-electron chi connectivity index (χ0n) is 11.0. The minimum absolute atomic E-state index is 0.0199. The van der Waals surface area contributed by atoms with Crippen molar-refractivity contribution in [3.8, 4) is 0 Å². The topological polar surface area (TPSA) is 12.4 Å². The number of nitrogens with zero attached hydrogens (tertiary/aromatic N) is 1. The quantitative estimate of drug-likeness (QED) is 0.633. The second kappa shape index (κ2) is 3.99. The van der Waals surface area contributed by atoms with Gasteiger partial charge in [-0.3, -0.25) is 4.99 Å². The molecule has 2 rings (SSSR count). The number of benzene rings is 1. The van der Waals surface area contributed by atoms with Crippen molar-refractivity contribution in [1.82, 2.24) is 0 Å². The Hall–Kier alpha value is -1.63. The Kier molecular flexibility index (Phi) is 2.78. The molecule has 0 radical (unpaired) electrons. The first kappa shape index (κ1) is 11.8.